The van der Waals surface area contributed by atoms with Crippen LogP contribution in [0.4, 0.5) is 0 Å². The van der Waals surface area contributed by atoms with Crippen LogP contribution in [0.3, 0.4) is 0 Å². The molecule has 0 aliphatic rings. The molecule has 0 atom stereocenters. The molecule has 0 aromatic heterocycles. The molecule has 0 radical (unpaired) electrons. The zero-order valence-electron chi connectivity index (χ0n) is 10.9. The fourth-order valence-electron chi connectivity index (χ4n) is 1.82. The standard InChI is InChI=1S/C14H22BrNO/c1-14(2,11-16-8-9-17-3)10-12-6-4-5-7-13(12)15/h4-7,16H,8-11H2,1-3H3. The molecule has 0 aliphatic carbocycles. The van der Waals surface area contributed by atoms with Gasteiger partial charge in [-0.1, -0.05) is 48.0 Å². The molecular weight excluding hydrogens is 278 g/mol. The van der Waals surface area contributed by atoms with Crippen LogP contribution in [0.1, 0.15) is 19.4 Å². The van der Waals surface area contributed by atoms with Gasteiger partial charge in [0.1, 0.15) is 0 Å². The van der Waals surface area contributed by atoms with Gasteiger partial charge in [0.05, 0.1) is 6.61 Å². The van der Waals surface area contributed by atoms with E-state index in [4.69, 9.17) is 4.74 Å². The van der Waals surface area contributed by atoms with Gasteiger partial charge in [-0.05, 0) is 23.5 Å². The van der Waals surface area contributed by atoms with Gasteiger partial charge in [0.25, 0.3) is 0 Å². The van der Waals surface area contributed by atoms with E-state index >= 15 is 0 Å². The molecule has 0 saturated carbocycles. The van der Waals surface area contributed by atoms with E-state index in [2.05, 4.69) is 59.4 Å². The van der Waals surface area contributed by atoms with E-state index in [0.29, 0.717) is 0 Å². The van der Waals surface area contributed by atoms with Crippen LogP contribution in [0.15, 0.2) is 28.7 Å². The van der Waals surface area contributed by atoms with Gasteiger partial charge in [0.2, 0.25) is 0 Å². The van der Waals surface area contributed by atoms with E-state index in [0.717, 1.165) is 26.1 Å². The summed E-state index contributed by atoms with van der Waals surface area (Å²) in [4.78, 5) is 0. The van der Waals surface area contributed by atoms with E-state index in [1.54, 1.807) is 7.11 Å². The SMILES string of the molecule is COCCNCC(C)(C)Cc1ccccc1Br. The summed E-state index contributed by atoms with van der Waals surface area (Å²) >= 11 is 3.60. The molecule has 2 nitrogen and oxygen atoms in total. The predicted molar refractivity (Wildman–Crippen MR) is 76.4 cm³/mol. The molecule has 0 amide bonds. The molecule has 1 aromatic rings. The molecule has 17 heavy (non-hydrogen) atoms. The Bertz CT molecular complexity index is 339. The first-order valence-corrected chi connectivity index (χ1v) is 6.77. The summed E-state index contributed by atoms with van der Waals surface area (Å²) in [5.41, 5.74) is 1.61. The Kier molecular flexibility index (Phi) is 6.17. The third-order valence-electron chi connectivity index (χ3n) is 2.71. The van der Waals surface area contributed by atoms with E-state index in [1.165, 1.54) is 10.0 Å². The van der Waals surface area contributed by atoms with Crippen molar-refractivity contribution in [1.82, 2.24) is 5.32 Å². The maximum absolute atomic E-state index is 5.02. The van der Waals surface area contributed by atoms with E-state index < -0.39 is 0 Å². The van der Waals surface area contributed by atoms with Crippen molar-refractivity contribution < 1.29 is 4.74 Å². The molecule has 0 fully saturated rings. The van der Waals surface area contributed by atoms with E-state index in [-0.39, 0.29) is 5.41 Å². The molecule has 0 heterocycles. The average Bonchev–Trinajstić information content (AvgIpc) is 2.28. The Morgan fingerprint density at radius 3 is 2.65 bits per heavy atom. The number of hydrogen-bond acceptors (Lipinski definition) is 2. The van der Waals surface area contributed by atoms with Gasteiger partial charge in [-0.2, -0.15) is 0 Å². The zero-order chi connectivity index (χ0) is 12.7. The summed E-state index contributed by atoms with van der Waals surface area (Å²) in [7, 11) is 1.73. The van der Waals surface area contributed by atoms with Crippen LogP contribution < -0.4 is 5.32 Å². The van der Waals surface area contributed by atoms with Gasteiger partial charge in [-0.3, -0.25) is 0 Å². The summed E-state index contributed by atoms with van der Waals surface area (Å²) in [5, 5.41) is 3.43. The van der Waals surface area contributed by atoms with Crippen molar-refractivity contribution in [3.05, 3.63) is 34.3 Å². The fraction of sp³-hybridized carbons (Fsp3) is 0.571. The minimum Gasteiger partial charge on any atom is -0.383 e. The van der Waals surface area contributed by atoms with Crippen molar-refractivity contribution in [2.45, 2.75) is 20.3 Å². The van der Waals surface area contributed by atoms with Crippen molar-refractivity contribution in [1.29, 1.82) is 0 Å². The Morgan fingerprint density at radius 2 is 2.00 bits per heavy atom. The van der Waals surface area contributed by atoms with Gasteiger partial charge in [-0.15, -0.1) is 0 Å². The van der Waals surface area contributed by atoms with Crippen molar-refractivity contribution in [2.24, 2.45) is 5.41 Å². The number of rotatable bonds is 7. The van der Waals surface area contributed by atoms with Crippen molar-refractivity contribution in [3.63, 3.8) is 0 Å². The summed E-state index contributed by atoms with van der Waals surface area (Å²) in [6.45, 7) is 7.25. The Labute approximate surface area is 113 Å². The van der Waals surface area contributed by atoms with Gasteiger partial charge < -0.3 is 10.1 Å². The molecule has 1 N–H and O–H groups in total. The molecule has 3 heteroatoms. The first-order valence-electron chi connectivity index (χ1n) is 5.98. The van der Waals surface area contributed by atoms with Crippen LogP contribution in [0.2, 0.25) is 0 Å². The zero-order valence-corrected chi connectivity index (χ0v) is 12.5. The highest BCUT2D eigenvalue weighted by molar-refractivity contribution is 9.10. The minimum absolute atomic E-state index is 0.248. The van der Waals surface area contributed by atoms with Crippen LogP contribution in [-0.2, 0) is 11.2 Å². The quantitative estimate of drug-likeness (QED) is 0.781. The normalized spacial score (nSPS) is 11.8. The van der Waals surface area contributed by atoms with Crippen LogP contribution in [0.5, 0.6) is 0 Å². The fourth-order valence-corrected chi connectivity index (χ4v) is 2.25. The second kappa shape index (κ2) is 7.14. The minimum atomic E-state index is 0.248. The topological polar surface area (TPSA) is 21.3 Å². The molecule has 0 aliphatic heterocycles. The summed E-state index contributed by atoms with van der Waals surface area (Å²) < 4.78 is 6.22. The van der Waals surface area contributed by atoms with Gasteiger partial charge in [0.15, 0.2) is 0 Å². The summed E-state index contributed by atoms with van der Waals surface area (Å²) in [6, 6.07) is 8.43. The molecule has 1 rings (SSSR count). The molecule has 0 unspecified atom stereocenters. The van der Waals surface area contributed by atoms with Crippen LogP contribution >= 0.6 is 15.9 Å². The van der Waals surface area contributed by atoms with Gasteiger partial charge >= 0.3 is 0 Å². The maximum atomic E-state index is 5.02. The molecule has 0 bridgehead atoms. The second-order valence-corrected chi connectivity index (χ2v) is 5.96. The van der Waals surface area contributed by atoms with Crippen molar-refractivity contribution in [3.8, 4) is 0 Å². The van der Waals surface area contributed by atoms with E-state index in [9.17, 15) is 0 Å². The molecule has 0 spiro atoms. The number of halogens is 1. The Balaban J connectivity index is 2.46. The highest BCUT2D eigenvalue weighted by Gasteiger charge is 2.18. The first kappa shape index (κ1) is 14.7. The van der Waals surface area contributed by atoms with Crippen LogP contribution in [-0.4, -0.2) is 26.8 Å². The number of ether oxygens (including phenoxy) is 1. The summed E-state index contributed by atoms with van der Waals surface area (Å²) in [5.74, 6) is 0. The highest BCUT2D eigenvalue weighted by Crippen LogP contribution is 2.25. The maximum Gasteiger partial charge on any atom is 0.0587 e. The molecule has 1 aromatic carbocycles. The lowest BCUT2D eigenvalue weighted by Gasteiger charge is -2.25. The Morgan fingerprint density at radius 1 is 1.29 bits per heavy atom. The largest absolute Gasteiger partial charge is 0.383 e. The monoisotopic (exact) mass is 299 g/mol. The second-order valence-electron chi connectivity index (χ2n) is 5.10. The average molecular weight is 300 g/mol. The number of benzene rings is 1. The number of nitrogens with one attached hydrogen (secondary N) is 1. The predicted octanol–water partition coefficient (Wildman–Crippen LogP) is 3.25. The lowest BCUT2D eigenvalue weighted by atomic mass is 9.85. The third kappa shape index (κ3) is 5.66. The summed E-state index contributed by atoms with van der Waals surface area (Å²) in [6.07, 6.45) is 1.06. The smallest absolute Gasteiger partial charge is 0.0587 e. The van der Waals surface area contributed by atoms with Crippen LogP contribution in [0.25, 0.3) is 0 Å². The molecule has 0 saturated heterocycles. The van der Waals surface area contributed by atoms with Gasteiger partial charge in [-0.25, -0.2) is 0 Å². The molecule has 96 valence electrons. The third-order valence-corrected chi connectivity index (χ3v) is 3.49. The van der Waals surface area contributed by atoms with Crippen molar-refractivity contribution >= 4 is 15.9 Å². The number of hydrogen-bond donors (Lipinski definition) is 1. The van der Waals surface area contributed by atoms with Gasteiger partial charge in [0, 0.05) is 24.7 Å². The number of methoxy groups -OCH3 is 1. The first-order chi connectivity index (χ1) is 8.05. The lowest BCUT2D eigenvalue weighted by Crippen LogP contribution is -2.33. The van der Waals surface area contributed by atoms with Crippen molar-refractivity contribution in [2.75, 3.05) is 26.8 Å². The van der Waals surface area contributed by atoms with Crippen LogP contribution in [0, 0.1) is 5.41 Å². The van der Waals surface area contributed by atoms with E-state index in [1.807, 2.05) is 0 Å². The lowest BCUT2D eigenvalue weighted by molar-refractivity contribution is 0.194. The molecular formula is C14H22BrNO. The highest BCUT2D eigenvalue weighted by atomic mass is 79.9. The Hall–Kier alpha value is -0.380.